The summed E-state index contributed by atoms with van der Waals surface area (Å²) in [7, 11) is 1.44. The molecule has 0 fully saturated rings. The van der Waals surface area contributed by atoms with Crippen LogP contribution in [0.4, 0.5) is 10.5 Å². The summed E-state index contributed by atoms with van der Waals surface area (Å²) in [5.41, 5.74) is 5.28. The van der Waals surface area contributed by atoms with Crippen molar-refractivity contribution in [3.63, 3.8) is 0 Å². The molecule has 4 rings (SSSR count). The Morgan fingerprint density at radius 3 is 2.59 bits per heavy atom. The highest BCUT2D eigenvalue weighted by molar-refractivity contribution is 7.18. The summed E-state index contributed by atoms with van der Waals surface area (Å²) in [6.07, 6.45) is 6.56. The lowest BCUT2D eigenvalue weighted by Crippen LogP contribution is -2.27. The molecule has 3 aromatic rings. The number of carbonyl (C=O) groups is 2. The van der Waals surface area contributed by atoms with Gasteiger partial charge in [-0.2, -0.15) is 0 Å². The first-order valence-electron chi connectivity index (χ1n) is 11.3. The van der Waals surface area contributed by atoms with Gasteiger partial charge in [0.25, 0.3) is 0 Å². The number of allylic oxidation sites excluding steroid dienone is 2. The fourth-order valence-corrected chi connectivity index (χ4v) is 5.11. The molecule has 1 atom stereocenters. The van der Waals surface area contributed by atoms with E-state index in [1.54, 1.807) is 17.7 Å². The van der Waals surface area contributed by atoms with Crippen LogP contribution in [0.15, 0.2) is 42.0 Å². The molecule has 8 heteroatoms. The smallest absolute Gasteiger partial charge is 0.412 e. The number of rotatable bonds is 5. The summed E-state index contributed by atoms with van der Waals surface area (Å²) >= 11 is 1.64. The molecule has 0 saturated carbocycles. The van der Waals surface area contributed by atoms with Crippen molar-refractivity contribution < 1.29 is 19.1 Å². The number of anilines is 1. The minimum absolute atomic E-state index is 0.146. The van der Waals surface area contributed by atoms with Gasteiger partial charge in [0.15, 0.2) is 0 Å². The number of hydrogen-bond acceptors (Lipinski definition) is 7. The zero-order chi connectivity index (χ0) is 24.3. The van der Waals surface area contributed by atoms with E-state index in [0.29, 0.717) is 18.0 Å². The molecule has 34 heavy (non-hydrogen) atoms. The van der Waals surface area contributed by atoms with Crippen LogP contribution in [-0.4, -0.2) is 34.7 Å². The Morgan fingerprint density at radius 1 is 1.18 bits per heavy atom. The molecule has 0 aliphatic heterocycles. The Hall–Kier alpha value is -3.26. The van der Waals surface area contributed by atoms with Crippen molar-refractivity contribution in [1.82, 2.24) is 9.97 Å². The van der Waals surface area contributed by atoms with Crippen molar-refractivity contribution in [1.29, 1.82) is 0 Å². The topological polar surface area (TPSA) is 90.4 Å². The maximum atomic E-state index is 12.0. The first-order valence-corrected chi connectivity index (χ1v) is 12.2. The van der Waals surface area contributed by atoms with Gasteiger partial charge in [0.05, 0.1) is 23.0 Å². The Morgan fingerprint density at radius 2 is 1.94 bits per heavy atom. The van der Waals surface area contributed by atoms with Crippen LogP contribution >= 0.6 is 11.3 Å². The number of hydrogen-bond donors (Lipinski definition) is 1. The maximum absolute atomic E-state index is 12.0. The molecule has 1 aromatic carbocycles. The molecule has 0 radical (unpaired) electrons. The van der Waals surface area contributed by atoms with Crippen molar-refractivity contribution in [3.8, 4) is 11.3 Å². The average Bonchev–Trinajstić information content (AvgIpc) is 3.23. The fourth-order valence-electron chi connectivity index (χ4n) is 4.05. The van der Waals surface area contributed by atoms with Gasteiger partial charge < -0.3 is 9.47 Å². The Labute approximate surface area is 203 Å². The summed E-state index contributed by atoms with van der Waals surface area (Å²) < 4.78 is 11.1. The zero-order valence-corrected chi connectivity index (χ0v) is 20.7. The molecular formula is C26H29N3O4S. The molecule has 2 heterocycles. The second-order valence-corrected chi connectivity index (χ2v) is 10.3. The number of thiophene rings is 1. The number of esters is 1. The van der Waals surface area contributed by atoms with Crippen molar-refractivity contribution >= 4 is 44.9 Å². The van der Waals surface area contributed by atoms with Crippen LogP contribution in [0.1, 0.15) is 52.0 Å². The zero-order valence-electron chi connectivity index (χ0n) is 19.9. The van der Waals surface area contributed by atoms with E-state index in [-0.39, 0.29) is 5.97 Å². The molecule has 1 unspecified atom stereocenters. The van der Waals surface area contributed by atoms with Crippen LogP contribution in [0.25, 0.3) is 27.0 Å². The van der Waals surface area contributed by atoms with E-state index in [1.165, 1.54) is 12.7 Å². The third kappa shape index (κ3) is 5.62. The van der Waals surface area contributed by atoms with Crippen molar-refractivity contribution in [2.75, 3.05) is 12.4 Å². The predicted molar refractivity (Wildman–Crippen MR) is 135 cm³/mol. The molecule has 1 aliphatic rings. The van der Waals surface area contributed by atoms with Gasteiger partial charge in [-0.1, -0.05) is 18.2 Å². The highest BCUT2D eigenvalue weighted by Crippen LogP contribution is 2.39. The number of amides is 1. The quantitative estimate of drug-likeness (QED) is 0.423. The largest absolute Gasteiger partial charge is 0.469 e. The van der Waals surface area contributed by atoms with E-state index in [9.17, 15) is 9.59 Å². The van der Waals surface area contributed by atoms with Gasteiger partial charge in [-0.15, -0.1) is 11.3 Å². The second kappa shape index (κ2) is 9.93. The Balaban J connectivity index is 1.52. The molecule has 0 spiro atoms. The second-order valence-electron chi connectivity index (χ2n) is 9.40. The number of benzene rings is 1. The van der Waals surface area contributed by atoms with Crippen molar-refractivity contribution in [3.05, 3.63) is 47.6 Å². The molecule has 0 bridgehead atoms. The van der Waals surface area contributed by atoms with Gasteiger partial charge in [0, 0.05) is 28.6 Å². The lowest BCUT2D eigenvalue weighted by atomic mass is 9.85. The summed E-state index contributed by atoms with van der Waals surface area (Å²) in [5.74, 6) is 0.187. The third-order valence-corrected chi connectivity index (χ3v) is 6.68. The van der Waals surface area contributed by atoms with Crippen LogP contribution in [0, 0.1) is 5.92 Å². The van der Waals surface area contributed by atoms with E-state index in [4.69, 9.17) is 9.47 Å². The minimum Gasteiger partial charge on any atom is -0.469 e. The summed E-state index contributed by atoms with van der Waals surface area (Å²) in [5, 5.41) is 4.90. The van der Waals surface area contributed by atoms with Crippen LogP contribution in [-0.2, 0) is 14.3 Å². The van der Waals surface area contributed by atoms with Gasteiger partial charge in [-0.3, -0.25) is 10.1 Å². The van der Waals surface area contributed by atoms with Gasteiger partial charge in [-0.25, -0.2) is 14.8 Å². The predicted octanol–water partition coefficient (Wildman–Crippen LogP) is 6.45. The number of nitrogens with zero attached hydrogens (tertiary/aromatic N) is 2. The molecule has 7 nitrogen and oxygen atoms in total. The van der Waals surface area contributed by atoms with E-state index in [1.807, 2.05) is 45.0 Å². The number of methoxy groups -OCH3 is 1. The lowest BCUT2D eigenvalue weighted by Gasteiger charge is -2.20. The summed E-state index contributed by atoms with van der Waals surface area (Å²) in [6, 6.07) is 7.55. The van der Waals surface area contributed by atoms with Crippen LogP contribution < -0.4 is 5.32 Å². The summed E-state index contributed by atoms with van der Waals surface area (Å²) in [4.78, 5) is 32.7. The van der Waals surface area contributed by atoms with Gasteiger partial charge in [0.1, 0.15) is 11.9 Å². The molecular weight excluding hydrogens is 450 g/mol. The maximum Gasteiger partial charge on any atom is 0.412 e. The SMILES string of the molecule is COC(=O)CC1CC=C(c2csc3c(-c4ccc(NC(=O)OC(C)(C)C)cc4)ncnc23)CC1. The molecule has 0 saturated heterocycles. The molecule has 2 aromatic heterocycles. The third-order valence-electron chi connectivity index (χ3n) is 5.71. The van der Waals surface area contributed by atoms with E-state index in [2.05, 4.69) is 26.7 Å². The molecule has 1 N–H and O–H groups in total. The average molecular weight is 480 g/mol. The number of nitrogens with one attached hydrogen (secondary N) is 1. The normalized spacial score (nSPS) is 16.1. The molecule has 178 valence electrons. The number of ether oxygens (including phenoxy) is 2. The van der Waals surface area contributed by atoms with Crippen molar-refractivity contribution in [2.24, 2.45) is 5.92 Å². The molecule has 1 aliphatic carbocycles. The summed E-state index contributed by atoms with van der Waals surface area (Å²) in [6.45, 7) is 5.49. The Kier molecular flexibility index (Phi) is 6.97. The highest BCUT2D eigenvalue weighted by atomic mass is 32.1. The van der Waals surface area contributed by atoms with E-state index >= 15 is 0 Å². The fraction of sp³-hybridized carbons (Fsp3) is 0.385. The first-order chi connectivity index (χ1) is 16.2. The van der Waals surface area contributed by atoms with Crippen molar-refractivity contribution in [2.45, 2.75) is 52.1 Å². The van der Waals surface area contributed by atoms with Crippen LogP contribution in [0.5, 0.6) is 0 Å². The highest BCUT2D eigenvalue weighted by Gasteiger charge is 2.22. The lowest BCUT2D eigenvalue weighted by molar-refractivity contribution is -0.141. The van der Waals surface area contributed by atoms with Gasteiger partial charge in [0.2, 0.25) is 0 Å². The van der Waals surface area contributed by atoms with E-state index in [0.717, 1.165) is 46.3 Å². The van der Waals surface area contributed by atoms with Crippen LogP contribution in [0.2, 0.25) is 0 Å². The van der Waals surface area contributed by atoms with Crippen LogP contribution in [0.3, 0.4) is 0 Å². The monoisotopic (exact) mass is 479 g/mol. The Bertz CT molecular complexity index is 1230. The number of fused-ring (bicyclic) bond motifs is 1. The molecule has 1 amide bonds. The van der Waals surface area contributed by atoms with E-state index < -0.39 is 11.7 Å². The van der Waals surface area contributed by atoms with Gasteiger partial charge >= 0.3 is 12.1 Å². The first kappa shape index (κ1) is 23.9. The minimum atomic E-state index is -0.552. The number of aromatic nitrogens is 2. The van der Waals surface area contributed by atoms with Gasteiger partial charge in [-0.05, 0) is 63.7 Å². The standard InChI is InChI=1S/C26H29N3O4S/c1-26(2,3)33-25(31)29-19-11-9-18(10-12-19)22-24-23(28-15-27-22)20(14-34-24)17-7-5-16(6-8-17)13-21(30)32-4/h7,9-12,14-16H,5-6,8,13H2,1-4H3,(H,29,31). The number of carbonyl (C=O) groups excluding carboxylic acids is 2.